The molecule has 3 rings (SSSR count). The number of rotatable bonds is 4. The highest BCUT2D eigenvalue weighted by Crippen LogP contribution is 2.19. The zero-order valence-electron chi connectivity index (χ0n) is 12.6. The molecule has 0 spiro atoms. The number of aromatic nitrogens is 3. The molecule has 10 heteroatoms. The fraction of sp³-hybridized carbons (Fsp3) is 0.0667. The minimum absolute atomic E-state index is 0.147. The van der Waals surface area contributed by atoms with Gasteiger partial charge in [0.1, 0.15) is 5.69 Å². The maximum Gasteiger partial charge on any atom is 0.274 e. The Labute approximate surface area is 151 Å². The fourth-order valence-corrected chi connectivity index (χ4v) is 2.82. The van der Waals surface area contributed by atoms with Gasteiger partial charge < -0.3 is 15.4 Å². The normalized spacial score (nSPS) is 16.6. The number of H-pyrrole nitrogens is 1. The summed E-state index contributed by atoms with van der Waals surface area (Å²) in [5.41, 5.74) is 1.34. The van der Waals surface area contributed by atoms with Crippen molar-refractivity contribution in [1.82, 2.24) is 20.2 Å². The minimum atomic E-state index is -0.792. The predicted molar refractivity (Wildman–Crippen MR) is 96.5 cm³/mol. The number of aromatic amines is 1. The van der Waals surface area contributed by atoms with Crippen molar-refractivity contribution in [2.24, 2.45) is 0 Å². The maximum absolute atomic E-state index is 12.3. The van der Waals surface area contributed by atoms with Crippen molar-refractivity contribution in [3.63, 3.8) is 0 Å². The SMILES string of the molecule is O=C(Nc1nccs1)c1cc(C2=CC=CC(N([O-])O)C=C2)nc(=S)[nH]1. The zero-order valence-corrected chi connectivity index (χ0v) is 14.3. The van der Waals surface area contributed by atoms with E-state index < -0.39 is 11.9 Å². The van der Waals surface area contributed by atoms with Crippen LogP contribution in [0.15, 0.2) is 48.0 Å². The number of hydrogen-bond donors (Lipinski definition) is 3. The van der Waals surface area contributed by atoms with Gasteiger partial charge in [0.25, 0.3) is 5.91 Å². The lowest BCUT2D eigenvalue weighted by Gasteiger charge is -2.25. The Bertz CT molecular complexity index is 915. The van der Waals surface area contributed by atoms with Gasteiger partial charge in [0, 0.05) is 17.2 Å². The lowest BCUT2D eigenvalue weighted by molar-refractivity contribution is -0.0507. The number of thiazole rings is 1. The molecule has 3 N–H and O–H groups in total. The van der Waals surface area contributed by atoms with E-state index >= 15 is 0 Å². The third kappa shape index (κ3) is 4.32. The molecule has 1 aliphatic carbocycles. The molecule has 0 aliphatic heterocycles. The van der Waals surface area contributed by atoms with Crippen molar-refractivity contribution in [3.8, 4) is 0 Å². The Hall–Kier alpha value is -2.50. The molecule has 25 heavy (non-hydrogen) atoms. The van der Waals surface area contributed by atoms with Crippen LogP contribution < -0.4 is 5.32 Å². The van der Waals surface area contributed by atoms with Gasteiger partial charge in [-0.2, -0.15) is 0 Å². The van der Waals surface area contributed by atoms with Crippen molar-refractivity contribution in [2.45, 2.75) is 6.04 Å². The van der Waals surface area contributed by atoms with Gasteiger partial charge in [-0.15, -0.1) is 11.3 Å². The summed E-state index contributed by atoms with van der Waals surface area (Å²) in [6, 6.07) is 0.761. The second kappa shape index (κ2) is 7.59. The van der Waals surface area contributed by atoms with Gasteiger partial charge in [-0.05, 0) is 18.3 Å². The highest BCUT2D eigenvalue weighted by Gasteiger charge is 2.12. The third-order valence-electron chi connectivity index (χ3n) is 3.25. The van der Waals surface area contributed by atoms with Crippen LogP contribution in [0, 0.1) is 9.98 Å². The van der Waals surface area contributed by atoms with E-state index in [1.54, 1.807) is 35.9 Å². The predicted octanol–water partition coefficient (Wildman–Crippen LogP) is 2.91. The second-order valence-corrected chi connectivity index (χ2v) is 6.22. The molecule has 128 valence electrons. The summed E-state index contributed by atoms with van der Waals surface area (Å²) in [7, 11) is 0. The molecule has 0 fully saturated rings. The number of nitrogens with one attached hydrogen (secondary N) is 2. The molecule has 2 heterocycles. The molecule has 0 bridgehead atoms. The number of carbonyl (C=O) groups is 1. The molecule has 0 radical (unpaired) electrons. The van der Waals surface area contributed by atoms with Crippen LogP contribution in [0.25, 0.3) is 5.57 Å². The summed E-state index contributed by atoms with van der Waals surface area (Å²) >= 11 is 6.39. The van der Waals surface area contributed by atoms with Crippen LogP contribution in [0.4, 0.5) is 5.13 Å². The summed E-state index contributed by atoms with van der Waals surface area (Å²) in [6.07, 6.45) is 9.59. The van der Waals surface area contributed by atoms with Gasteiger partial charge in [0.15, 0.2) is 9.90 Å². The number of anilines is 1. The van der Waals surface area contributed by atoms with Crippen LogP contribution in [0.1, 0.15) is 16.2 Å². The number of hydroxylamine groups is 2. The summed E-state index contributed by atoms with van der Waals surface area (Å²) in [5.74, 6) is -0.391. The van der Waals surface area contributed by atoms with Gasteiger partial charge in [0.2, 0.25) is 0 Å². The number of carbonyl (C=O) groups excluding carboxylic acids is 1. The van der Waals surface area contributed by atoms with E-state index in [9.17, 15) is 10.0 Å². The van der Waals surface area contributed by atoms with Gasteiger partial charge in [0.05, 0.1) is 11.7 Å². The van der Waals surface area contributed by atoms with E-state index in [4.69, 9.17) is 17.4 Å². The van der Waals surface area contributed by atoms with E-state index in [-0.39, 0.29) is 15.7 Å². The van der Waals surface area contributed by atoms with E-state index in [1.807, 2.05) is 0 Å². The molecule has 8 nitrogen and oxygen atoms in total. The minimum Gasteiger partial charge on any atom is -0.762 e. The fourth-order valence-electron chi connectivity index (χ4n) is 2.09. The molecule has 2 aromatic heterocycles. The molecule has 0 saturated carbocycles. The van der Waals surface area contributed by atoms with E-state index in [0.717, 1.165) is 0 Å². The first-order valence-electron chi connectivity index (χ1n) is 7.07. The molecule has 1 atom stereocenters. The average molecular weight is 374 g/mol. The largest absolute Gasteiger partial charge is 0.762 e. The number of amides is 1. The molecule has 1 amide bonds. The van der Waals surface area contributed by atoms with Crippen LogP contribution >= 0.6 is 23.6 Å². The molecule has 1 unspecified atom stereocenters. The Morgan fingerprint density at radius 2 is 2.32 bits per heavy atom. The quantitative estimate of drug-likeness (QED) is 0.556. The van der Waals surface area contributed by atoms with E-state index in [1.165, 1.54) is 23.5 Å². The van der Waals surface area contributed by atoms with Crippen molar-refractivity contribution in [2.75, 3.05) is 5.32 Å². The Kier molecular flexibility index (Phi) is 5.26. The third-order valence-corrected chi connectivity index (χ3v) is 4.13. The number of nitrogens with zero attached hydrogens (tertiary/aromatic N) is 3. The molecule has 1 aliphatic rings. The Balaban J connectivity index is 1.88. The average Bonchev–Trinajstić information content (AvgIpc) is 2.95. The number of hydrogen-bond acceptors (Lipinski definition) is 8. The van der Waals surface area contributed by atoms with Gasteiger partial charge in [-0.25, -0.2) is 9.97 Å². The molecule has 0 aromatic carbocycles. The van der Waals surface area contributed by atoms with E-state index in [2.05, 4.69) is 20.3 Å². The van der Waals surface area contributed by atoms with Crippen LogP contribution in [0.2, 0.25) is 0 Å². The lowest BCUT2D eigenvalue weighted by Crippen LogP contribution is -2.22. The summed E-state index contributed by atoms with van der Waals surface area (Å²) in [4.78, 5) is 23.3. The maximum atomic E-state index is 12.3. The van der Waals surface area contributed by atoms with Crippen molar-refractivity contribution >= 4 is 40.2 Å². The van der Waals surface area contributed by atoms with Crippen LogP contribution in [0.3, 0.4) is 0 Å². The van der Waals surface area contributed by atoms with E-state index in [0.29, 0.717) is 16.4 Å². The van der Waals surface area contributed by atoms with Crippen molar-refractivity contribution < 1.29 is 10.0 Å². The summed E-state index contributed by atoms with van der Waals surface area (Å²) in [6.45, 7) is 0. The first-order valence-corrected chi connectivity index (χ1v) is 8.36. The zero-order chi connectivity index (χ0) is 17.8. The van der Waals surface area contributed by atoms with Gasteiger partial charge in [-0.3, -0.25) is 15.3 Å². The Morgan fingerprint density at radius 3 is 3.04 bits per heavy atom. The standard InChI is InChI=1S/C15H12N5O3S2/c21-13(19-15-16-6-7-25-15)12-8-11(17-14(24)18-12)9-2-1-3-10(5-4-9)20(22)23/h1-8,10,22H,(H,16,19,21)(H,17,18,24)/q-1. The van der Waals surface area contributed by atoms with Crippen LogP contribution in [0.5, 0.6) is 0 Å². The van der Waals surface area contributed by atoms with Gasteiger partial charge in [-0.1, -0.05) is 30.4 Å². The highest BCUT2D eigenvalue weighted by molar-refractivity contribution is 7.71. The molecular formula is C15H12N5O3S2-. The first kappa shape index (κ1) is 17.3. The second-order valence-electron chi connectivity index (χ2n) is 4.94. The summed E-state index contributed by atoms with van der Waals surface area (Å²) < 4.78 is 0.147. The van der Waals surface area contributed by atoms with Crippen molar-refractivity contribution in [1.29, 1.82) is 0 Å². The monoisotopic (exact) mass is 374 g/mol. The van der Waals surface area contributed by atoms with Crippen LogP contribution in [-0.2, 0) is 0 Å². The first-order chi connectivity index (χ1) is 12.0. The Morgan fingerprint density at radius 1 is 1.48 bits per heavy atom. The summed E-state index contributed by atoms with van der Waals surface area (Å²) in [5, 5.41) is 24.7. The molecule has 2 aromatic rings. The topological polar surface area (TPSA) is 117 Å². The highest BCUT2D eigenvalue weighted by atomic mass is 32.1. The lowest BCUT2D eigenvalue weighted by atomic mass is 10.1. The molecular weight excluding hydrogens is 362 g/mol. The molecule has 0 saturated heterocycles. The smallest absolute Gasteiger partial charge is 0.274 e. The number of allylic oxidation sites excluding steroid dienone is 4. The van der Waals surface area contributed by atoms with Crippen molar-refractivity contribution in [3.05, 3.63) is 69.4 Å². The van der Waals surface area contributed by atoms with Crippen LogP contribution in [-0.4, -0.2) is 37.3 Å². The van der Waals surface area contributed by atoms with Gasteiger partial charge >= 0.3 is 0 Å².